The SMILES string of the molecule is CCCCNC(=O)[C@H](CC)N(Cc1c(Cl)cccc1Cl)C(=O)COc1ccc(Cl)c(C)c1. The highest BCUT2D eigenvalue weighted by atomic mass is 35.5. The van der Waals surface area contributed by atoms with Crippen LogP contribution in [-0.2, 0) is 16.1 Å². The highest BCUT2D eigenvalue weighted by molar-refractivity contribution is 6.36. The third-order valence-corrected chi connectivity index (χ3v) is 6.23. The normalized spacial score (nSPS) is 11.7. The van der Waals surface area contributed by atoms with E-state index < -0.39 is 6.04 Å². The molecule has 0 heterocycles. The van der Waals surface area contributed by atoms with Gasteiger partial charge in [0, 0.05) is 33.7 Å². The maximum absolute atomic E-state index is 13.2. The second-order valence-corrected chi connectivity index (χ2v) is 8.71. The van der Waals surface area contributed by atoms with Crippen LogP contribution in [0.15, 0.2) is 36.4 Å². The molecule has 2 aromatic carbocycles. The lowest BCUT2D eigenvalue weighted by atomic mass is 10.1. The van der Waals surface area contributed by atoms with Crippen molar-refractivity contribution in [1.82, 2.24) is 10.2 Å². The number of unbranched alkanes of at least 4 members (excludes halogenated alkanes) is 1. The van der Waals surface area contributed by atoms with E-state index in [0.717, 1.165) is 18.4 Å². The largest absolute Gasteiger partial charge is 0.484 e. The minimum Gasteiger partial charge on any atom is -0.484 e. The van der Waals surface area contributed by atoms with Gasteiger partial charge in [-0.15, -0.1) is 0 Å². The smallest absolute Gasteiger partial charge is 0.261 e. The number of benzene rings is 2. The Hall–Kier alpha value is -1.95. The minimum atomic E-state index is -0.678. The molecule has 0 spiro atoms. The monoisotopic (exact) mass is 498 g/mol. The van der Waals surface area contributed by atoms with Gasteiger partial charge >= 0.3 is 0 Å². The fraction of sp³-hybridized carbons (Fsp3) is 0.417. The molecule has 0 radical (unpaired) electrons. The van der Waals surface area contributed by atoms with E-state index in [1.54, 1.807) is 36.4 Å². The van der Waals surface area contributed by atoms with Crippen LogP contribution in [0.2, 0.25) is 15.1 Å². The Kier molecular flexibility index (Phi) is 10.6. The number of carbonyl (C=O) groups is 2. The summed E-state index contributed by atoms with van der Waals surface area (Å²) in [6.07, 6.45) is 2.26. The summed E-state index contributed by atoms with van der Waals surface area (Å²) in [6.45, 7) is 6.19. The summed E-state index contributed by atoms with van der Waals surface area (Å²) in [5.41, 5.74) is 1.43. The predicted molar refractivity (Wildman–Crippen MR) is 131 cm³/mol. The van der Waals surface area contributed by atoms with Gasteiger partial charge in [0.15, 0.2) is 6.61 Å². The van der Waals surface area contributed by atoms with E-state index >= 15 is 0 Å². The van der Waals surface area contributed by atoms with E-state index in [9.17, 15) is 9.59 Å². The third-order valence-electron chi connectivity index (χ3n) is 5.10. The van der Waals surface area contributed by atoms with Crippen LogP contribution in [0, 0.1) is 6.92 Å². The lowest BCUT2D eigenvalue weighted by Gasteiger charge is -2.31. The first-order chi connectivity index (χ1) is 15.3. The number of nitrogens with one attached hydrogen (secondary N) is 1. The predicted octanol–water partition coefficient (Wildman–Crippen LogP) is 6.06. The van der Waals surface area contributed by atoms with Crippen molar-refractivity contribution in [3.63, 3.8) is 0 Å². The zero-order chi connectivity index (χ0) is 23.7. The second kappa shape index (κ2) is 12.9. The lowest BCUT2D eigenvalue weighted by molar-refractivity contribution is -0.143. The molecule has 174 valence electrons. The van der Waals surface area contributed by atoms with Gasteiger partial charge in [-0.2, -0.15) is 0 Å². The molecule has 2 aromatic rings. The van der Waals surface area contributed by atoms with Crippen molar-refractivity contribution in [3.05, 3.63) is 62.6 Å². The lowest BCUT2D eigenvalue weighted by Crippen LogP contribution is -2.50. The Bertz CT molecular complexity index is 916. The van der Waals surface area contributed by atoms with Gasteiger partial charge in [0.1, 0.15) is 11.8 Å². The summed E-state index contributed by atoms with van der Waals surface area (Å²) < 4.78 is 5.71. The van der Waals surface area contributed by atoms with Gasteiger partial charge in [-0.3, -0.25) is 9.59 Å². The third kappa shape index (κ3) is 7.29. The molecule has 8 heteroatoms. The topological polar surface area (TPSA) is 58.6 Å². The van der Waals surface area contributed by atoms with Crippen molar-refractivity contribution in [3.8, 4) is 5.75 Å². The van der Waals surface area contributed by atoms with Crippen LogP contribution in [0.25, 0.3) is 0 Å². The van der Waals surface area contributed by atoms with Crippen LogP contribution < -0.4 is 10.1 Å². The highest BCUT2D eigenvalue weighted by Crippen LogP contribution is 2.27. The molecule has 0 unspecified atom stereocenters. The minimum absolute atomic E-state index is 0.0973. The number of amides is 2. The molecule has 0 aliphatic rings. The summed E-state index contributed by atoms with van der Waals surface area (Å²) in [5.74, 6) is -0.0256. The molecule has 0 fully saturated rings. The van der Waals surface area contributed by atoms with Crippen LogP contribution >= 0.6 is 34.8 Å². The summed E-state index contributed by atoms with van der Waals surface area (Å²) in [6, 6.07) is 9.66. The zero-order valence-electron chi connectivity index (χ0n) is 18.6. The van der Waals surface area contributed by atoms with Crippen molar-refractivity contribution in [1.29, 1.82) is 0 Å². The van der Waals surface area contributed by atoms with E-state index in [0.29, 0.717) is 39.3 Å². The number of carbonyl (C=O) groups excluding carboxylic acids is 2. The Morgan fingerprint density at radius 2 is 1.75 bits per heavy atom. The standard InChI is InChI=1S/C24H29Cl3N2O3/c1-4-6-12-28-24(31)22(5-2)29(14-18-20(26)8-7-9-21(18)27)23(30)15-32-17-10-11-19(25)16(3)13-17/h7-11,13,22H,4-6,12,14-15H2,1-3H3,(H,28,31)/t22-/m0/s1. The van der Waals surface area contributed by atoms with Crippen molar-refractivity contribution >= 4 is 46.6 Å². The van der Waals surface area contributed by atoms with Gasteiger partial charge in [-0.1, -0.05) is 61.1 Å². The molecule has 0 saturated carbocycles. The Labute approximate surface area is 205 Å². The van der Waals surface area contributed by atoms with Crippen LogP contribution in [0.5, 0.6) is 5.75 Å². The van der Waals surface area contributed by atoms with Crippen LogP contribution in [0.1, 0.15) is 44.2 Å². The molecule has 5 nitrogen and oxygen atoms in total. The quantitative estimate of drug-likeness (QED) is 0.382. The fourth-order valence-corrected chi connectivity index (χ4v) is 3.85. The molecule has 0 bridgehead atoms. The summed E-state index contributed by atoms with van der Waals surface area (Å²) in [5, 5.41) is 4.41. The van der Waals surface area contributed by atoms with Crippen molar-refractivity contribution in [2.75, 3.05) is 13.2 Å². The van der Waals surface area contributed by atoms with E-state index in [2.05, 4.69) is 12.2 Å². The molecular formula is C24H29Cl3N2O3. The van der Waals surface area contributed by atoms with E-state index in [4.69, 9.17) is 39.5 Å². The molecule has 1 N–H and O–H groups in total. The number of nitrogens with zero attached hydrogens (tertiary/aromatic N) is 1. The van der Waals surface area contributed by atoms with Crippen molar-refractivity contribution in [2.45, 2.75) is 52.6 Å². The molecule has 0 aromatic heterocycles. The van der Waals surface area contributed by atoms with Crippen molar-refractivity contribution < 1.29 is 14.3 Å². The second-order valence-electron chi connectivity index (χ2n) is 7.49. The first-order valence-electron chi connectivity index (χ1n) is 10.7. The van der Waals surface area contributed by atoms with Gasteiger partial charge in [0.25, 0.3) is 5.91 Å². The van der Waals surface area contributed by atoms with Gasteiger partial charge in [0.2, 0.25) is 5.91 Å². The van der Waals surface area contributed by atoms with Crippen molar-refractivity contribution in [2.24, 2.45) is 0 Å². The average molecular weight is 500 g/mol. The summed E-state index contributed by atoms with van der Waals surface area (Å²) in [4.78, 5) is 27.6. The number of halogens is 3. The van der Waals surface area contributed by atoms with Crippen LogP contribution in [0.3, 0.4) is 0 Å². The van der Waals surface area contributed by atoms with Crippen LogP contribution in [0.4, 0.5) is 0 Å². The maximum atomic E-state index is 13.2. The fourth-order valence-electron chi connectivity index (χ4n) is 3.21. The number of rotatable bonds is 11. The van der Waals surface area contributed by atoms with Gasteiger partial charge in [0.05, 0.1) is 0 Å². The van der Waals surface area contributed by atoms with Gasteiger partial charge in [-0.05, 0) is 55.7 Å². The van der Waals surface area contributed by atoms with Crippen LogP contribution in [-0.4, -0.2) is 35.9 Å². The average Bonchev–Trinajstić information content (AvgIpc) is 2.76. The molecule has 0 aliphatic carbocycles. The highest BCUT2D eigenvalue weighted by Gasteiger charge is 2.30. The molecular weight excluding hydrogens is 471 g/mol. The number of ether oxygens (including phenoxy) is 1. The molecule has 1 atom stereocenters. The molecule has 0 aliphatic heterocycles. The summed E-state index contributed by atoms with van der Waals surface area (Å²) >= 11 is 18.8. The van der Waals surface area contributed by atoms with E-state index in [-0.39, 0.29) is 25.0 Å². The number of hydrogen-bond donors (Lipinski definition) is 1. The first kappa shape index (κ1) is 26.3. The zero-order valence-corrected chi connectivity index (χ0v) is 20.9. The summed E-state index contributed by atoms with van der Waals surface area (Å²) in [7, 11) is 0. The Morgan fingerprint density at radius 3 is 2.34 bits per heavy atom. The Morgan fingerprint density at radius 1 is 1.06 bits per heavy atom. The molecule has 2 rings (SSSR count). The Balaban J connectivity index is 2.25. The molecule has 0 saturated heterocycles. The number of hydrogen-bond acceptors (Lipinski definition) is 3. The van der Waals surface area contributed by atoms with E-state index in [1.807, 2.05) is 13.8 Å². The first-order valence-corrected chi connectivity index (χ1v) is 11.8. The van der Waals surface area contributed by atoms with Gasteiger partial charge < -0.3 is 15.0 Å². The number of aryl methyl sites for hydroxylation is 1. The molecule has 32 heavy (non-hydrogen) atoms. The maximum Gasteiger partial charge on any atom is 0.261 e. The molecule has 2 amide bonds. The van der Waals surface area contributed by atoms with E-state index in [1.165, 1.54) is 4.90 Å². The van der Waals surface area contributed by atoms with Gasteiger partial charge in [-0.25, -0.2) is 0 Å².